The molecule has 0 aromatic heterocycles. The van der Waals surface area contributed by atoms with Crippen LogP contribution in [0.1, 0.15) is 44.7 Å². The van der Waals surface area contributed by atoms with E-state index in [-0.39, 0.29) is 0 Å². The molecule has 1 fully saturated rings. The molecular formula is C15H21Cl2N. The molecule has 1 atom stereocenters. The van der Waals surface area contributed by atoms with Gasteiger partial charge >= 0.3 is 0 Å². The monoisotopic (exact) mass is 285 g/mol. The van der Waals surface area contributed by atoms with Crippen molar-refractivity contribution in [2.24, 2.45) is 5.92 Å². The Morgan fingerprint density at radius 2 is 1.72 bits per heavy atom. The highest BCUT2D eigenvalue weighted by molar-refractivity contribution is 6.34. The molecule has 18 heavy (non-hydrogen) atoms. The lowest BCUT2D eigenvalue weighted by atomic mass is 9.93. The summed E-state index contributed by atoms with van der Waals surface area (Å²) in [6, 6.07) is 6.26. The van der Waals surface area contributed by atoms with Crippen LogP contribution in [0.25, 0.3) is 0 Å². The number of piperidine rings is 1. The Hall–Kier alpha value is -0.240. The third-order valence-corrected chi connectivity index (χ3v) is 4.58. The van der Waals surface area contributed by atoms with Crippen molar-refractivity contribution >= 4 is 23.2 Å². The summed E-state index contributed by atoms with van der Waals surface area (Å²) in [4.78, 5) is 2.54. The Bertz CT molecular complexity index is 377. The van der Waals surface area contributed by atoms with E-state index in [4.69, 9.17) is 23.2 Å². The van der Waals surface area contributed by atoms with Crippen molar-refractivity contribution in [2.75, 3.05) is 13.1 Å². The van der Waals surface area contributed by atoms with Crippen molar-refractivity contribution in [3.63, 3.8) is 0 Å². The third-order valence-electron chi connectivity index (χ3n) is 4.14. The van der Waals surface area contributed by atoms with E-state index in [1.807, 2.05) is 12.1 Å². The minimum atomic E-state index is 0.402. The molecule has 1 saturated heterocycles. The molecule has 1 aromatic carbocycles. The van der Waals surface area contributed by atoms with Gasteiger partial charge in [0.1, 0.15) is 0 Å². The van der Waals surface area contributed by atoms with Crippen molar-refractivity contribution in [1.82, 2.24) is 4.90 Å². The summed E-state index contributed by atoms with van der Waals surface area (Å²) in [6.45, 7) is 6.91. The van der Waals surface area contributed by atoms with Crippen LogP contribution in [-0.2, 0) is 0 Å². The van der Waals surface area contributed by atoms with E-state index in [9.17, 15) is 0 Å². The largest absolute Gasteiger partial charge is 0.297 e. The molecule has 0 spiro atoms. The summed E-state index contributed by atoms with van der Waals surface area (Å²) in [5.74, 6) is 0.913. The van der Waals surface area contributed by atoms with E-state index in [0.29, 0.717) is 6.04 Å². The molecule has 3 heteroatoms. The SMILES string of the molecule is CCC1CCN(C(C)c2cc(Cl)cc(Cl)c2)CC1. The molecule has 1 unspecified atom stereocenters. The highest BCUT2D eigenvalue weighted by atomic mass is 35.5. The quantitative estimate of drug-likeness (QED) is 0.740. The van der Waals surface area contributed by atoms with E-state index in [2.05, 4.69) is 18.7 Å². The molecule has 0 aliphatic carbocycles. The molecule has 1 aliphatic rings. The Kier molecular flexibility index (Phi) is 4.94. The van der Waals surface area contributed by atoms with Crippen LogP contribution in [0.4, 0.5) is 0 Å². The normalized spacial score (nSPS) is 20.0. The smallest absolute Gasteiger partial charge is 0.0424 e. The Labute approximate surface area is 120 Å². The van der Waals surface area contributed by atoms with Gasteiger partial charge in [-0.1, -0.05) is 36.5 Å². The standard InChI is InChI=1S/C15H21Cl2N/c1-3-12-4-6-18(7-5-12)11(2)13-8-14(16)10-15(17)9-13/h8-12H,3-7H2,1-2H3. The summed E-state index contributed by atoms with van der Waals surface area (Å²) in [5.41, 5.74) is 1.22. The minimum Gasteiger partial charge on any atom is -0.297 e. The molecule has 0 radical (unpaired) electrons. The lowest BCUT2D eigenvalue weighted by molar-refractivity contribution is 0.139. The van der Waals surface area contributed by atoms with Crippen molar-refractivity contribution in [1.29, 1.82) is 0 Å². The first-order chi connectivity index (χ1) is 8.60. The molecular weight excluding hydrogens is 265 g/mol. The van der Waals surface area contributed by atoms with E-state index < -0.39 is 0 Å². The van der Waals surface area contributed by atoms with Crippen LogP contribution >= 0.6 is 23.2 Å². The number of hydrogen-bond acceptors (Lipinski definition) is 1. The molecule has 1 aliphatic heterocycles. The molecule has 2 rings (SSSR count). The summed E-state index contributed by atoms with van der Waals surface area (Å²) in [6.07, 6.45) is 3.94. The van der Waals surface area contributed by atoms with Gasteiger partial charge in [0, 0.05) is 16.1 Å². The summed E-state index contributed by atoms with van der Waals surface area (Å²) < 4.78 is 0. The summed E-state index contributed by atoms with van der Waals surface area (Å²) in [7, 11) is 0. The number of likely N-dealkylation sites (tertiary alicyclic amines) is 1. The highest BCUT2D eigenvalue weighted by Gasteiger charge is 2.22. The van der Waals surface area contributed by atoms with Crippen LogP contribution in [0.5, 0.6) is 0 Å². The van der Waals surface area contributed by atoms with E-state index in [1.165, 1.54) is 37.9 Å². The first kappa shape index (κ1) is 14.2. The van der Waals surface area contributed by atoms with Gasteiger partial charge in [0.15, 0.2) is 0 Å². The van der Waals surface area contributed by atoms with Gasteiger partial charge < -0.3 is 0 Å². The topological polar surface area (TPSA) is 3.24 Å². The third kappa shape index (κ3) is 3.40. The number of halogens is 2. The maximum absolute atomic E-state index is 6.08. The molecule has 100 valence electrons. The van der Waals surface area contributed by atoms with Crippen LogP contribution in [0.15, 0.2) is 18.2 Å². The van der Waals surface area contributed by atoms with Gasteiger partial charge in [-0.05, 0) is 62.5 Å². The Morgan fingerprint density at radius 3 is 2.22 bits per heavy atom. The maximum atomic E-state index is 6.08. The first-order valence-electron chi connectivity index (χ1n) is 6.80. The number of benzene rings is 1. The van der Waals surface area contributed by atoms with Crippen LogP contribution in [0.3, 0.4) is 0 Å². The van der Waals surface area contributed by atoms with E-state index in [0.717, 1.165) is 16.0 Å². The average molecular weight is 286 g/mol. The van der Waals surface area contributed by atoms with Gasteiger partial charge in [-0.25, -0.2) is 0 Å². The summed E-state index contributed by atoms with van der Waals surface area (Å²) in [5, 5.41) is 1.46. The van der Waals surface area contributed by atoms with E-state index >= 15 is 0 Å². The zero-order valence-corrected chi connectivity index (χ0v) is 12.6. The first-order valence-corrected chi connectivity index (χ1v) is 7.55. The summed E-state index contributed by atoms with van der Waals surface area (Å²) >= 11 is 12.2. The van der Waals surface area contributed by atoms with Crippen molar-refractivity contribution in [3.05, 3.63) is 33.8 Å². The molecule has 1 heterocycles. The van der Waals surface area contributed by atoms with Gasteiger partial charge in [-0.3, -0.25) is 4.90 Å². The maximum Gasteiger partial charge on any atom is 0.0424 e. The van der Waals surface area contributed by atoms with E-state index in [1.54, 1.807) is 6.07 Å². The fourth-order valence-electron chi connectivity index (χ4n) is 2.78. The van der Waals surface area contributed by atoms with Gasteiger partial charge in [0.05, 0.1) is 0 Å². The highest BCUT2D eigenvalue weighted by Crippen LogP contribution is 2.30. The molecule has 0 saturated carbocycles. The van der Waals surface area contributed by atoms with Crippen molar-refractivity contribution < 1.29 is 0 Å². The fraction of sp³-hybridized carbons (Fsp3) is 0.600. The molecule has 0 bridgehead atoms. The molecule has 1 nitrogen and oxygen atoms in total. The van der Waals surface area contributed by atoms with Gasteiger partial charge in [0.25, 0.3) is 0 Å². The second-order valence-electron chi connectivity index (χ2n) is 5.27. The van der Waals surface area contributed by atoms with Crippen molar-refractivity contribution in [2.45, 2.75) is 39.2 Å². The van der Waals surface area contributed by atoms with Gasteiger partial charge in [0.2, 0.25) is 0 Å². The predicted molar refractivity (Wildman–Crippen MR) is 79.5 cm³/mol. The number of hydrogen-bond donors (Lipinski definition) is 0. The van der Waals surface area contributed by atoms with Gasteiger partial charge in [-0.2, -0.15) is 0 Å². The zero-order chi connectivity index (χ0) is 13.1. The number of rotatable bonds is 3. The Morgan fingerprint density at radius 1 is 1.17 bits per heavy atom. The fourth-order valence-corrected chi connectivity index (χ4v) is 3.32. The lowest BCUT2D eigenvalue weighted by Crippen LogP contribution is -2.35. The molecule has 0 N–H and O–H groups in total. The average Bonchev–Trinajstić information content (AvgIpc) is 2.37. The zero-order valence-electron chi connectivity index (χ0n) is 11.1. The second kappa shape index (κ2) is 6.27. The van der Waals surface area contributed by atoms with Crippen molar-refractivity contribution in [3.8, 4) is 0 Å². The number of nitrogens with zero attached hydrogens (tertiary/aromatic N) is 1. The van der Waals surface area contributed by atoms with Crippen LogP contribution < -0.4 is 0 Å². The van der Waals surface area contributed by atoms with Crippen LogP contribution in [0, 0.1) is 5.92 Å². The van der Waals surface area contributed by atoms with Crippen LogP contribution in [-0.4, -0.2) is 18.0 Å². The van der Waals surface area contributed by atoms with Crippen LogP contribution in [0.2, 0.25) is 10.0 Å². The molecule has 0 amide bonds. The van der Waals surface area contributed by atoms with Gasteiger partial charge in [-0.15, -0.1) is 0 Å². The Balaban J connectivity index is 2.05. The predicted octanol–water partition coefficient (Wildman–Crippen LogP) is 5.18. The minimum absolute atomic E-state index is 0.402. The second-order valence-corrected chi connectivity index (χ2v) is 6.14. The lowest BCUT2D eigenvalue weighted by Gasteiger charge is -2.36. The molecule has 1 aromatic rings.